The lowest BCUT2D eigenvalue weighted by atomic mass is 9.95. The van der Waals surface area contributed by atoms with E-state index in [0.29, 0.717) is 42.9 Å². The number of nitro groups is 1. The maximum atomic E-state index is 12.7. The van der Waals surface area contributed by atoms with Crippen LogP contribution in [0.15, 0.2) is 78.9 Å². The van der Waals surface area contributed by atoms with Crippen LogP contribution in [0.4, 0.5) is 11.4 Å². The molecule has 33 heavy (non-hydrogen) atoms. The van der Waals surface area contributed by atoms with E-state index in [0.717, 1.165) is 5.75 Å². The minimum absolute atomic E-state index is 0.0541. The molecule has 2 amide bonds. The third-order valence-corrected chi connectivity index (χ3v) is 5.58. The van der Waals surface area contributed by atoms with Crippen molar-refractivity contribution in [1.29, 1.82) is 0 Å². The lowest BCUT2D eigenvalue weighted by Crippen LogP contribution is -2.41. The number of para-hydroxylation sites is 1. The third kappa shape index (κ3) is 5.54. The van der Waals surface area contributed by atoms with Gasteiger partial charge in [0.15, 0.2) is 0 Å². The number of piperidine rings is 1. The van der Waals surface area contributed by atoms with E-state index in [1.165, 1.54) is 24.3 Å². The second-order valence-electron chi connectivity index (χ2n) is 7.80. The Bertz CT molecular complexity index is 1120. The van der Waals surface area contributed by atoms with Crippen molar-refractivity contribution >= 4 is 23.2 Å². The third-order valence-electron chi connectivity index (χ3n) is 5.58. The molecule has 3 aromatic rings. The topological polar surface area (TPSA) is 102 Å². The summed E-state index contributed by atoms with van der Waals surface area (Å²) in [6.07, 6.45) is 1.11. The summed E-state index contributed by atoms with van der Waals surface area (Å²) in [5.41, 5.74) is 1.03. The van der Waals surface area contributed by atoms with Crippen molar-refractivity contribution in [3.63, 3.8) is 0 Å². The number of likely N-dealkylation sites (tertiary alicyclic amines) is 1. The number of amides is 2. The number of anilines is 1. The van der Waals surface area contributed by atoms with Gasteiger partial charge in [-0.15, -0.1) is 0 Å². The highest BCUT2D eigenvalue weighted by Gasteiger charge is 2.28. The predicted octanol–water partition coefficient (Wildman–Crippen LogP) is 4.88. The van der Waals surface area contributed by atoms with E-state index in [9.17, 15) is 19.7 Å². The van der Waals surface area contributed by atoms with E-state index in [-0.39, 0.29) is 23.4 Å². The molecule has 0 atom stereocenters. The summed E-state index contributed by atoms with van der Waals surface area (Å²) in [4.78, 5) is 37.3. The molecule has 1 saturated heterocycles. The van der Waals surface area contributed by atoms with Gasteiger partial charge >= 0.3 is 0 Å². The van der Waals surface area contributed by atoms with Crippen LogP contribution in [0.25, 0.3) is 0 Å². The standard InChI is InChI=1S/C25H23N3O5/c29-24(26-20-8-12-23(13-9-20)33-22-4-2-1-3-5-22)18-14-16-27(17-15-18)25(30)19-6-10-21(11-7-19)28(31)32/h1-13,18H,14-17H2,(H,26,29). The average Bonchev–Trinajstić information content (AvgIpc) is 2.85. The Morgan fingerprint density at radius 2 is 1.48 bits per heavy atom. The number of nitro benzene ring substituents is 1. The zero-order valence-electron chi connectivity index (χ0n) is 17.8. The molecule has 1 N–H and O–H groups in total. The maximum absolute atomic E-state index is 12.7. The summed E-state index contributed by atoms with van der Waals surface area (Å²) >= 11 is 0. The van der Waals surface area contributed by atoms with Crippen LogP contribution in [-0.4, -0.2) is 34.7 Å². The summed E-state index contributed by atoms with van der Waals surface area (Å²) in [6.45, 7) is 0.912. The first kappa shape index (κ1) is 22.0. The van der Waals surface area contributed by atoms with Gasteiger partial charge in [0.25, 0.3) is 11.6 Å². The van der Waals surface area contributed by atoms with Gasteiger partial charge in [-0.3, -0.25) is 19.7 Å². The summed E-state index contributed by atoms with van der Waals surface area (Å²) in [5.74, 6) is 0.972. The zero-order valence-corrected chi connectivity index (χ0v) is 17.8. The highest BCUT2D eigenvalue weighted by molar-refractivity contribution is 5.95. The number of carbonyl (C=O) groups excluding carboxylic acids is 2. The number of hydrogen-bond acceptors (Lipinski definition) is 5. The van der Waals surface area contributed by atoms with Crippen LogP contribution in [-0.2, 0) is 4.79 Å². The van der Waals surface area contributed by atoms with Gasteiger partial charge in [-0.2, -0.15) is 0 Å². The summed E-state index contributed by atoms with van der Waals surface area (Å²) in [6, 6.07) is 22.2. The van der Waals surface area contributed by atoms with Crippen molar-refractivity contribution in [3.05, 3.63) is 94.5 Å². The minimum Gasteiger partial charge on any atom is -0.457 e. The zero-order chi connectivity index (χ0) is 23.2. The number of nitrogens with zero attached hydrogens (tertiary/aromatic N) is 2. The van der Waals surface area contributed by atoms with Crippen LogP contribution in [0.2, 0.25) is 0 Å². The molecule has 0 aromatic heterocycles. The Morgan fingerprint density at radius 1 is 0.879 bits per heavy atom. The van der Waals surface area contributed by atoms with Crippen LogP contribution < -0.4 is 10.1 Å². The minimum atomic E-state index is -0.498. The molecule has 1 heterocycles. The van der Waals surface area contributed by atoms with Gasteiger partial charge < -0.3 is 15.0 Å². The van der Waals surface area contributed by atoms with E-state index in [4.69, 9.17) is 4.74 Å². The van der Waals surface area contributed by atoms with Crippen molar-refractivity contribution < 1.29 is 19.2 Å². The highest BCUT2D eigenvalue weighted by atomic mass is 16.6. The number of ether oxygens (including phenoxy) is 1. The second kappa shape index (κ2) is 9.95. The number of non-ortho nitro benzene ring substituents is 1. The molecule has 8 heteroatoms. The molecule has 168 valence electrons. The molecule has 1 fully saturated rings. The van der Waals surface area contributed by atoms with Gasteiger partial charge in [-0.1, -0.05) is 18.2 Å². The van der Waals surface area contributed by atoms with Gasteiger partial charge in [-0.05, 0) is 61.4 Å². The van der Waals surface area contributed by atoms with E-state index >= 15 is 0 Å². The van der Waals surface area contributed by atoms with E-state index in [2.05, 4.69) is 5.32 Å². The fraction of sp³-hybridized carbons (Fsp3) is 0.200. The first-order valence-corrected chi connectivity index (χ1v) is 10.7. The monoisotopic (exact) mass is 445 g/mol. The fourth-order valence-electron chi connectivity index (χ4n) is 3.73. The van der Waals surface area contributed by atoms with Gasteiger partial charge in [0, 0.05) is 42.4 Å². The molecule has 0 spiro atoms. The quantitative estimate of drug-likeness (QED) is 0.430. The second-order valence-corrected chi connectivity index (χ2v) is 7.80. The Morgan fingerprint density at radius 3 is 2.09 bits per heavy atom. The Labute approximate surface area is 190 Å². The SMILES string of the molecule is O=C(Nc1ccc(Oc2ccccc2)cc1)C1CCN(C(=O)c2ccc([N+](=O)[O-])cc2)CC1. The number of benzene rings is 3. The molecule has 0 aliphatic carbocycles. The van der Waals surface area contributed by atoms with Crippen LogP contribution in [0, 0.1) is 16.0 Å². The Hall–Kier alpha value is -4.20. The number of carbonyl (C=O) groups is 2. The molecule has 3 aromatic carbocycles. The average molecular weight is 445 g/mol. The smallest absolute Gasteiger partial charge is 0.269 e. The van der Waals surface area contributed by atoms with Crippen LogP contribution >= 0.6 is 0 Å². The molecule has 1 aliphatic heterocycles. The molecule has 4 rings (SSSR count). The molecular weight excluding hydrogens is 422 g/mol. The molecule has 0 unspecified atom stereocenters. The number of nitrogens with one attached hydrogen (secondary N) is 1. The molecule has 0 radical (unpaired) electrons. The lowest BCUT2D eigenvalue weighted by Gasteiger charge is -2.31. The summed E-state index contributed by atoms with van der Waals surface area (Å²) in [5, 5.41) is 13.7. The van der Waals surface area contributed by atoms with Crippen molar-refractivity contribution in [2.75, 3.05) is 18.4 Å². The molecule has 8 nitrogen and oxygen atoms in total. The van der Waals surface area contributed by atoms with E-state index < -0.39 is 4.92 Å². The Kier molecular flexibility index (Phi) is 6.64. The summed E-state index contributed by atoms with van der Waals surface area (Å²) < 4.78 is 5.76. The van der Waals surface area contributed by atoms with Crippen molar-refractivity contribution in [2.24, 2.45) is 5.92 Å². The van der Waals surface area contributed by atoms with Crippen LogP contribution in [0.1, 0.15) is 23.2 Å². The highest BCUT2D eigenvalue weighted by Crippen LogP contribution is 2.25. The molecule has 1 aliphatic rings. The van der Waals surface area contributed by atoms with Crippen molar-refractivity contribution in [1.82, 2.24) is 4.90 Å². The van der Waals surface area contributed by atoms with E-state index in [1.54, 1.807) is 29.2 Å². The lowest BCUT2D eigenvalue weighted by molar-refractivity contribution is -0.384. The molecule has 0 bridgehead atoms. The normalized spacial score (nSPS) is 13.9. The maximum Gasteiger partial charge on any atom is 0.269 e. The fourth-order valence-corrected chi connectivity index (χ4v) is 3.73. The Balaban J connectivity index is 1.27. The molecule has 0 saturated carbocycles. The van der Waals surface area contributed by atoms with Gasteiger partial charge in [0.2, 0.25) is 5.91 Å². The predicted molar refractivity (Wildman–Crippen MR) is 123 cm³/mol. The number of hydrogen-bond donors (Lipinski definition) is 1. The largest absolute Gasteiger partial charge is 0.457 e. The number of rotatable bonds is 6. The van der Waals surface area contributed by atoms with E-state index in [1.807, 2.05) is 30.3 Å². The van der Waals surface area contributed by atoms with Gasteiger partial charge in [-0.25, -0.2) is 0 Å². The van der Waals surface area contributed by atoms with Crippen molar-refractivity contribution in [3.8, 4) is 11.5 Å². The summed E-state index contributed by atoms with van der Waals surface area (Å²) in [7, 11) is 0. The first-order chi connectivity index (χ1) is 16.0. The molecular formula is C25H23N3O5. The van der Waals surface area contributed by atoms with Gasteiger partial charge in [0.05, 0.1) is 4.92 Å². The first-order valence-electron chi connectivity index (χ1n) is 10.7. The van der Waals surface area contributed by atoms with Crippen LogP contribution in [0.3, 0.4) is 0 Å². The van der Waals surface area contributed by atoms with Gasteiger partial charge in [0.1, 0.15) is 11.5 Å². The van der Waals surface area contributed by atoms with Crippen molar-refractivity contribution in [2.45, 2.75) is 12.8 Å². The van der Waals surface area contributed by atoms with Crippen LogP contribution in [0.5, 0.6) is 11.5 Å².